The number of aliphatic hydroxyl groups excluding tert-OH is 1. The molecule has 0 radical (unpaired) electrons. The first kappa shape index (κ1) is 26.0. The number of allylic oxidation sites excluding steroid dienone is 2. The fourth-order valence-corrected chi connectivity index (χ4v) is 4.90. The number of carbonyl (C=O) groups is 2. The van der Waals surface area contributed by atoms with Gasteiger partial charge in [-0.2, -0.15) is 0 Å². The van der Waals surface area contributed by atoms with E-state index in [-0.39, 0.29) is 31.1 Å². The van der Waals surface area contributed by atoms with Crippen molar-refractivity contribution in [3.8, 4) is 0 Å². The molecule has 0 fully saturated rings. The molecule has 1 aliphatic rings. The number of amides is 1. The third-order valence-corrected chi connectivity index (χ3v) is 7.05. The molecule has 0 saturated carbocycles. The number of rotatable bonds is 8. The van der Waals surface area contributed by atoms with Crippen LogP contribution in [0.3, 0.4) is 0 Å². The second-order valence-electron chi connectivity index (χ2n) is 9.81. The molecule has 0 bridgehead atoms. The van der Waals surface area contributed by atoms with E-state index in [4.69, 9.17) is 5.73 Å². The summed E-state index contributed by atoms with van der Waals surface area (Å²) in [5.74, 6) is -2.66. The Morgan fingerprint density at radius 1 is 0.974 bits per heavy atom. The number of carbonyl (C=O) groups excluding carboxylic acids is 2. The molecule has 0 unspecified atom stereocenters. The maximum Gasteiger partial charge on any atom is 0.224 e. The van der Waals surface area contributed by atoms with Gasteiger partial charge >= 0.3 is 0 Å². The molecular formula is C31H27F2N3O3. The normalized spacial score (nSPS) is 13.4. The molecule has 8 heteroatoms. The lowest BCUT2D eigenvalue weighted by Crippen LogP contribution is -2.33. The lowest BCUT2D eigenvalue weighted by atomic mass is 9.88. The molecule has 0 saturated heterocycles. The lowest BCUT2D eigenvalue weighted by Gasteiger charge is -2.18. The number of fused-ring (bicyclic) bond motifs is 2. The van der Waals surface area contributed by atoms with Crippen molar-refractivity contribution in [2.24, 2.45) is 5.92 Å². The number of halogens is 2. The summed E-state index contributed by atoms with van der Waals surface area (Å²) in [6.07, 6.45) is 4.23. The third-order valence-electron chi connectivity index (χ3n) is 7.05. The van der Waals surface area contributed by atoms with Crippen molar-refractivity contribution in [3.05, 3.63) is 118 Å². The van der Waals surface area contributed by atoms with E-state index in [2.05, 4.69) is 10.3 Å². The van der Waals surface area contributed by atoms with Gasteiger partial charge in [0.05, 0.1) is 5.76 Å². The fourth-order valence-electron chi connectivity index (χ4n) is 4.90. The number of Topliss-reactive ketones (excluding diaryl/α,β-unsaturated/α-hetero) is 1. The minimum atomic E-state index is -1.01. The number of nitrogens with one attached hydrogen (secondary N) is 1. The minimum Gasteiger partial charge on any atom is -0.512 e. The van der Waals surface area contributed by atoms with Crippen molar-refractivity contribution in [1.82, 2.24) is 10.3 Å². The molecular weight excluding hydrogens is 500 g/mol. The molecule has 1 amide bonds. The first-order valence-corrected chi connectivity index (χ1v) is 12.6. The Labute approximate surface area is 224 Å². The van der Waals surface area contributed by atoms with Gasteiger partial charge in [-0.25, -0.2) is 13.8 Å². The topological polar surface area (TPSA) is 105 Å². The van der Waals surface area contributed by atoms with Gasteiger partial charge in [-0.3, -0.25) is 9.59 Å². The number of nitrogen functional groups attached to an aromatic ring is 1. The van der Waals surface area contributed by atoms with Crippen LogP contribution in [0.1, 0.15) is 39.0 Å². The SMILES string of the molecule is Nc1nccc2cc(CNC(=O)[C@@H](CC(=O)c3ccc4c(c3)CC=C(O)C4)Cc3ccc(F)c(F)c3)ccc12. The minimum absolute atomic E-state index is 0.0657. The van der Waals surface area contributed by atoms with Crippen LogP contribution < -0.4 is 11.1 Å². The zero-order valence-electron chi connectivity index (χ0n) is 21.1. The largest absolute Gasteiger partial charge is 0.512 e. The van der Waals surface area contributed by atoms with E-state index in [1.54, 1.807) is 24.4 Å². The van der Waals surface area contributed by atoms with Crippen molar-refractivity contribution in [2.75, 3.05) is 5.73 Å². The summed E-state index contributed by atoms with van der Waals surface area (Å²) in [4.78, 5) is 30.7. The van der Waals surface area contributed by atoms with Crippen LogP contribution in [0.25, 0.3) is 10.8 Å². The second kappa shape index (κ2) is 11.0. The molecule has 1 atom stereocenters. The summed E-state index contributed by atoms with van der Waals surface area (Å²) in [7, 11) is 0. The smallest absolute Gasteiger partial charge is 0.224 e. The number of aliphatic hydroxyl groups is 1. The van der Waals surface area contributed by atoms with Crippen LogP contribution in [-0.2, 0) is 30.6 Å². The number of pyridine rings is 1. The van der Waals surface area contributed by atoms with Gasteiger partial charge in [0, 0.05) is 42.5 Å². The number of aromatic nitrogens is 1. The molecule has 1 aliphatic carbocycles. The summed E-state index contributed by atoms with van der Waals surface area (Å²) in [5, 5.41) is 14.4. The number of hydrogen-bond acceptors (Lipinski definition) is 5. The van der Waals surface area contributed by atoms with E-state index in [1.165, 1.54) is 6.07 Å². The summed E-state index contributed by atoms with van der Waals surface area (Å²) in [5.41, 5.74) is 9.55. The molecule has 39 heavy (non-hydrogen) atoms. The molecule has 5 rings (SSSR count). The van der Waals surface area contributed by atoms with Gasteiger partial charge in [0.1, 0.15) is 5.82 Å². The number of nitrogens with zero attached hydrogens (tertiary/aromatic N) is 1. The van der Waals surface area contributed by atoms with Gasteiger partial charge in [-0.1, -0.05) is 30.3 Å². The predicted octanol–water partition coefficient (Wildman–Crippen LogP) is 5.38. The molecule has 198 valence electrons. The number of ketones is 1. The molecule has 6 nitrogen and oxygen atoms in total. The van der Waals surface area contributed by atoms with Crippen molar-refractivity contribution in [2.45, 2.75) is 32.2 Å². The average Bonchev–Trinajstić information content (AvgIpc) is 2.93. The van der Waals surface area contributed by atoms with Crippen LogP contribution in [-0.4, -0.2) is 21.8 Å². The van der Waals surface area contributed by atoms with Crippen molar-refractivity contribution < 1.29 is 23.5 Å². The monoisotopic (exact) mass is 527 g/mol. The van der Waals surface area contributed by atoms with Crippen LogP contribution in [0.5, 0.6) is 0 Å². The van der Waals surface area contributed by atoms with Gasteiger partial charge in [-0.05, 0) is 76.9 Å². The van der Waals surface area contributed by atoms with Gasteiger partial charge in [0.25, 0.3) is 0 Å². The second-order valence-corrected chi connectivity index (χ2v) is 9.81. The molecule has 4 aromatic rings. The average molecular weight is 528 g/mol. The molecule has 0 aliphatic heterocycles. The Morgan fingerprint density at radius 2 is 1.79 bits per heavy atom. The Morgan fingerprint density at radius 3 is 2.62 bits per heavy atom. The number of nitrogens with two attached hydrogens (primary N) is 1. The highest BCUT2D eigenvalue weighted by atomic mass is 19.2. The zero-order chi connectivity index (χ0) is 27.5. The van der Waals surface area contributed by atoms with Crippen LogP contribution in [0.15, 0.2) is 78.7 Å². The van der Waals surface area contributed by atoms with Crippen molar-refractivity contribution in [1.29, 1.82) is 0 Å². The van der Waals surface area contributed by atoms with Gasteiger partial charge in [-0.15, -0.1) is 0 Å². The lowest BCUT2D eigenvalue weighted by molar-refractivity contribution is -0.125. The highest BCUT2D eigenvalue weighted by Crippen LogP contribution is 2.24. The van der Waals surface area contributed by atoms with Crippen molar-refractivity contribution >= 4 is 28.3 Å². The number of anilines is 1. The van der Waals surface area contributed by atoms with E-state index in [9.17, 15) is 23.5 Å². The fraction of sp³-hybridized carbons (Fsp3) is 0.194. The molecule has 1 aromatic heterocycles. The quantitative estimate of drug-likeness (QED) is 0.267. The van der Waals surface area contributed by atoms with Gasteiger partial charge in [0.15, 0.2) is 17.4 Å². The Kier molecular flexibility index (Phi) is 7.36. The Hall–Kier alpha value is -4.59. The van der Waals surface area contributed by atoms with E-state index < -0.39 is 17.6 Å². The zero-order valence-corrected chi connectivity index (χ0v) is 21.1. The van der Waals surface area contributed by atoms with E-state index >= 15 is 0 Å². The molecule has 4 N–H and O–H groups in total. The number of benzene rings is 3. The maximum absolute atomic E-state index is 13.9. The van der Waals surface area contributed by atoms with Crippen LogP contribution >= 0.6 is 0 Å². The van der Waals surface area contributed by atoms with Crippen LogP contribution in [0.2, 0.25) is 0 Å². The first-order valence-electron chi connectivity index (χ1n) is 12.6. The summed E-state index contributed by atoms with van der Waals surface area (Å²) >= 11 is 0. The maximum atomic E-state index is 13.9. The number of hydrogen-bond donors (Lipinski definition) is 3. The van der Waals surface area contributed by atoms with Gasteiger partial charge in [0.2, 0.25) is 5.91 Å². The molecule has 3 aromatic carbocycles. The summed E-state index contributed by atoms with van der Waals surface area (Å²) in [6, 6.07) is 16.2. The third kappa shape index (κ3) is 5.95. The highest BCUT2D eigenvalue weighted by Gasteiger charge is 2.24. The van der Waals surface area contributed by atoms with Gasteiger partial charge < -0.3 is 16.2 Å². The van der Waals surface area contributed by atoms with E-state index in [1.807, 2.05) is 30.3 Å². The Bertz CT molecular complexity index is 1620. The standard InChI is InChI=1S/C31H27F2N3O3/c32-27-8-2-18(13-28(27)33)11-24(16-29(38)23-4-3-21-15-25(37)6-5-20(21)14-23)31(39)36-17-19-1-7-26-22(12-19)9-10-35-30(26)34/h1-4,6-10,12-14,24,37H,5,11,15-17H2,(H2,34,35)(H,36,39)/t24-/m1/s1. The molecule has 1 heterocycles. The summed E-state index contributed by atoms with van der Waals surface area (Å²) in [6.45, 7) is 0.216. The van der Waals surface area contributed by atoms with Crippen molar-refractivity contribution in [3.63, 3.8) is 0 Å². The molecule has 0 spiro atoms. The predicted molar refractivity (Wildman–Crippen MR) is 145 cm³/mol. The van der Waals surface area contributed by atoms with Crippen LogP contribution in [0, 0.1) is 17.6 Å². The van der Waals surface area contributed by atoms with E-state index in [0.29, 0.717) is 35.5 Å². The first-order chi connectivity index (χ1) is 18.8. The summed E-state index contributed by atoms with van der Waals surface area (Å²) < 4.78 is 27.4. The highest BCUT2D eigenvalue weighted by molar-refractivity contribution is 5.99. The Balaban J connectivity index is 1.34. The van der Waals surface area contributed by atoms with E-state index in [0.717, 1.165) is 39.6 Å². The van der Waals surface area contributed by atoms with Crippen LogP contribution in [0.4, 0.5) is 14.6 Å².